The molecule has 1 heterocycles. The van der Waals surface area contributed by atoms with Crippen LogP contribution >= 0.6 is 23.1 Å². The third-order valence-electron chi connectivity index (χ3n) is 5.11. The van der Waals surface area contributed by atoms with Crippen molar-refractivity contribution in [3.63, 3.8) is 0 Å². The fourth-order valence-corrected chi connectivity index (χ4v) is 4.21. The number of ether oxygens (including phenoxy) is 1. The molecule has 12 heteroatoms. The Bertz CT molecular complexity index is 1250. The number of hydrogen-bond acceptors (Lipinski definition) is 7. The molecule has 1 atom stereocenters. The van der Waals surface area contributed by atoms with E-state index in [4.69, 9.17) is 27.8 Å². The molecular formula is C23H23ClFN5O4S. The van der Waals surface area contributed by atoms with Gasteiger partial charge in [-0.05, 0) is 53.8 Å². The molecule has 0 spiro atoms. The first-order valence-corrected chi connectivity index (χ1v) is 11.5. The van der Waals surface area contributed by atoms with Crippen molar-refractivity contribution in [3.05, 3.63) is 75.0 Å². The highest BCUT2D eigenvalue weighted by Crippen LogP contribution is 2.35. The number of anilines is 2. The summed E-state index contributed by atoms with van der Waals surface area (Å²) in [6, 6.07) is 8.74. The van der Waals surface area contributed by atoms with Crippen molar-refractivity contribution >= 4 is 52.2 Å². The molecule has 0 aliphatic heterocycles. The Balaban J connectivity index is 2.20. The van der Waals surface area contributed by atoms with E-state index in [2.05, 4.69) is 9.69 Å². The van der Waals surface area contributed by atoms with Gasteiger partial charge in [0.05, 0.1) is 12.3 Å². The summed E-state index contributed by atoms with van der Waals surface area (Å²) in [6.07, 6.45) is 0. The molecule has 9 nitrogen and oxygen atoms in total. The van der Waals surface area contributed by atoms with Gasteiger partial charge in [-0.1, -0.05) is 29.8 Å². The van der Waals surface area contributed by atoms with E-state index in [-0.39, 0.29) is 35.1 Å². The Kier molecular flexibility index (Phi) is 8.39. The van der Waals surface area contributed by atoms with Crippen LogP contribution in [-0.2, 0) is 9.53 Å². The standard InChI is InChI=1S/C23H23ClFN5O4S/c1-12-3-8-15(11-16(12)24)30(23(33)20-17(26)18(21(27)31)29-35-20)19(22(32)28-9-10-34-2)13-4-6-14(25)7-5-13/h3-8,11,19H,9-10,26H2,1-2H3,(H2,27,31)(H,28,32)/t19-/m0/s1. The minimum atomic E-state index is -1.25. The van der Waals surface area contributed by atoms with Crippen LogP contribution in [0, 0.1) is 12.7 Å². The summed E-state index contributed by atoms with van der Waals surface area (Å²) < 4.78 is 22.6. The predicted octanol–water partition coefficient (Wildman–Crippen LogP) is 3.08. The van der Waals surface area contributed by atoms with E-state index in [0.29, 0.717) is 22.1 Å². The van der Waals surface area contributed by atoms with Crippen molar-refractivity contribution in [2.75, 3.05) is 30.9 Å². The zero-order valence-electron chi connectivity index (χ0n) is 18.9. The normalized spacial score (nSPS) is 11.7. The summed E-state index contributed by atoms with van der Waals surface area (Å²) in [6.45, 7) is 2.18. The number of methoxy groups -OCH3 is 1. The first-order chi connectivity index (χ1) is 16.6. The van der Waals surface area contributed by atoms with Gasteiger partial charge in [-0.25, -0.2) is 4.39 Å². The highest BCUT2D eigenvalue weighted by molar-refractivity contribution is 7.09. The van der Waals surface area contributed by atoms with Gasteiger partial charge in [0, 0.05) is 24.4 Å². The van der Waals surface area contributed by atoms with Crippen LogP contribution in [0.25, 0.3) is 0 Å². The monoisotopic (exact) mass is 519 g/mol. The Hall–Kier alpha value is -3.54. The van der Waals surface area contributed by atoms with E-state index in [9.17, 15) is 18.8 Å². The number of benzene rings is 2. The highest BCUT2D eigenvalue weighted by atomic mass is 35.5. The molecule has 0 radical (unpaired) electrons. The SMILES string of the molecule is COCCNC(=O)[C@H](c1ccc(F)cc1)N(C(=O)c1snc(C(N)=O)c1N)c1ccc(C)c(Cl)c1. The molecule has 1 aromatic heterocycles. The summed E-state index contributed by atoms with van der Waals surface area (Å²) in [5, 5.41) is 3.07. The first-order valence-electron chi connectivity index (χ1n) is 10.3. The molecular weight excluding hydrogens is 497 g/mol. The quantitative estimate of drug-likeness (QED) is 0.371. The molecule has 3 amide bonds. The lowest BCUT2D eigenvalue weighted by Gasteiger charge is -2.31. The molecule has 184 valence electrons. The zero-order chi connectivity index (χ0) is 25.7. The first kappa shape index (κ1) is 26.1. The number of carbonyl (C=O) groups excluding carboxylic acids is 3. The van der Waals surface area contributed by atoms with E-state index >= 15 is 0 Å². The van der Waals surface area contributed by atoms with Crippen molar-refractivity contribution in [3.8, 4) is 0 Å². The maximum absolute atomic E-state index is 13.9. The Labute approximate surface area is 210 Å². The third kappa shape index (κ3) is 5.76. The number of carbonyl (C=O) groups is 3. The number of nitrogens with two attached hydrogens (primary N) is 2. The van der Waals surface area contributed by atoms with Crippen molar-refractivity contribution < 1.29 is 23.5 Å². The van der Waals surface area contributed by atoms with Crippen LogP contribution < -0.4 is 21.7 Å². The average molecular weight is 520 g/mol. The second kappa shape index (κ2) is 11.3. The highest BCUT2D eigenvalue weighted by Gasteiger charge is 2.36. The van der Waals surface area contributed by atoms with Crippen LogP contribution in [0.3, 0.4) is 0 Å². The number of nitrogens with one attached hydrogen (secondary N) is 1. The van der Waals surface area contributed by atoms with E-state index in [1.807, 2.05) is 0 Å². The number of aromatic nitrogens is 1. The number of aryl methyl sites for hydroxylation is 1. The van der Waals surface area contributed by atoms with Gasteiger partial charge in [0.1, 0.15) is 16.7 Å². The van der Waals surface area contributed by atoms with Gasteiger partial charge < -0.3 is 21.5 Å². The second-order valence-corrected chi connectivity index (χ2v) is 8.67. The van der Waals surface area contributed by atoms with Gasteiger partial charge in [-0.3, -0.25) is 19.3 Å². The van der Waals surface area contributed by atoms with E-state index in [1.54, 1.807) is 19.1 Å². The van der Waals surface area contributed by atoms with Crippen molar-refractivity contribution in [1.82, 2.24) is 9.69 Å². The molecule has 0 unspecified atom stereocenters. The topological polar surface area (TPSA) is 141 Å². The summed E-state index contributed by atoms with van der Waals surface area (Å²) >= 11 is 7.02. The van der Waals surface area contributed by atoms with Gasteiger partial charge in [-0.2, -0.15) is 4.37 Å². The Morgan fingerprint density at radius 1 is 1.23 bits per heavy atom. The smallest absolute Gasteiger partial charge is 0.273 e. The number of nitrogen functional groups attached to an aromatic ring is 1. The summed E-state index contributed by atoms with van der Waals surface area (Å²) in [5.41, 5.74) is 12.2. The summed E-state index contributed by atoms with van der Waals surface area (Å²) in [7, 11) is 1.48. The van der Waals surface area contributed by atoms with E-state index in [0.717, 1.165) is 5.56 Å². The van der Waals surface area contributed by atoms with E-state index in [1.165, 1.54) is 42.3 Å². The molecule has 0 fully saturated rings. The van der Waals surface area contributed by atoms with Gasteiger partial charge in [0.2, 0.25) is 5.91 Å². The molecule has 35 heavy (non-hydrogen) atoms. The Morgan fingerprint density at radius 3 is 2.49 bits per heavy atom. The molecule has 0 saturated carbocycles. The number of rotatable bonds is 9. The zero-order valence-corrected chi connectivity index (χ0v) is 20.5. The maximum atomic E-state index is 13.9. The van der Waals surface area contributed by atoms with Crippen molar-refractivity contribution in [2.45, 2.75) is 13.0 Å². The van der Waals surface area contributed by atoms with Crippen LogP contribution in [-0.4, -0.2) is 42.4 Å². The molecule has 0 saturated heterocycles. The van der Waals surface area contributed by atoms with Crippen LogP contribution in [0.1, 0.15) is 37.3 Å². The summed E-state index contributed by atoms with van der Waals surface area (Å²) in [5.74, 6) is -2.68. The van der Waals surface area contributed by atoms with Crippen LogP contribution in [0.4, 0.5) is 15.8 Å². The van der Waals surface area contributed by atoms with Gasteiger partial charge in [0.15, 0.2) is 5.69 Å². The van der Waals surface area contributed by atoms with Gasteiger partial charge >= 0.3 is 0 Å². The second-order valence-electron chi connectivity index (χ2n) is 7.48. The largest absolute Gasteiger partial charge is 0.395 e. The minimum Gasteiger partial charge on any atom is -0.395 e. The average Bonchev–Trinajstić information content (AvgIpc) is 3.21. The molecule has 0 bridgehead atoms. The fourth-order valence-electron chi connectivity index (χ4n) is 3.29. The number of primary amides is 1. The third-order valence-corrected chi connectivity index (χ3v) is 6.36. The molecule has 0 aliphatic carbocycles. The molecule has 0 aliphatic rings. The molecule has 3 aromatic rings. The lowest BCUT2D eigenvalue weighted by molar-refractivity contribution is -0.122. The molecule has 3 rings (SSSR count). The molecule has 5 N–H and O–H groups in total. The number of amides is 3. The Morgan fingerprint density at radius 2 is 1.91 bits per heavy atom. The lowest BCUT2D eigenvalue weighted by Crippen LogP contribution is -2.44. The lowest BCUT2D eigenvalue weighted by atomic mass is 10.0. The minimum absolute atomic E-state index is 0.0905. The van der Waals surface area contributed by atoms with Crippen LogP contribution in [0.2, 0.25) is 5.02 Å². The fraction of sp³-hybridized carbons (Fsp3) is 0.217. The van der Waals surface area contributed by atoms with Crippen LogP contribution in [0.15, 0.2) is 42.5 Å². The van der Waals surface area contributed by atoms with Gasteiger partial charge in [-0.15, -0.1) is 0 Å². The molecule has 2 aromatic carbocycles. The van der Waals surface area contributed by atoms with Gasteiger partial charge in [0.25, 0.3) is 11.8 Å². The number of nitrogens with zero attached hydrogens (tertiary/aromatic N) is 2. The predicted molar refractivity (Wildman–Crippen MR) is 132 cm³/mol. The number of hydrogen-bond donors (Lipinski definition) is 3. The maximum Gasteiger partial charge on any atom is 0.273 e. The van der Waals surface area contributed by atoms with Crippen molar-refractivity contribution in [2.24, 2.45) is 5.73 Å². The van der Waals surface area contributed by atoms with E-state index < -0.39 is 29.6 Å². The van der Waals surface area contributed by atoms with Crippen molar-refractivity contribution in [1.29, 1.82) is 0 Å². The number of halogens is 2. The van der Waals surface area contributed by atoms with Crippen LogP contribution in [0.5, 0.6) is 0 Å². The summed E-state index contributed by atoms with van der Waals surface area (Å²) in [4.78, 5) is 40.0.